The van der Waals surface area contributed by atoms with E-state index in [0.29, 0.717) is 17.4 Å². The molecule has 2 heterocycles. The van der Waals surface area contributed by atoms with Gasteiger partial charge in [-0.05, 0) is 55.5 Å². The predicted octanol–water partition coefficient (Wildman–Crippen LogP) is 4.25. The minimum absolute atomic E-state index is 0. The molecule has 3 aliphatic carbocycles. The molecule has 1 aliphatic heterocycles. The zero-order chi connectivity index (χ0) is 26.7. The summed E-state index contributed by atoms with van der Waals surface area (Å²) >= 11 is 0. The predicted molar refractivity (Wildman–Crippen MR) is 154 cm³/mol. The highest BCUT2D eigenvalue weighted by atomic mass is 16.1. The number of hydrogen-bond acceptors (Lipinski definition) is 6. The lowest BCUT2D eigenvalue weighted by molar-refractivity contribution is 0.0961. The lowest BCUT2D eigenvalue weighted by atomic mass is 9.95. The van der Waals surface area contributed by atoms with Crippen LogP contribution in [0.5, 0.6) is 0 Å². The molecule has 1 aromatic carbocycles. The monoisotopic (exact) mass is 511 g/mol. The Morgan fingerprint density at radius 1 is 1.32 bits per heavy atom. The first kappa shape index (κ1) is 25.6. The normalized spacial score (nSPS) is 25.2. The molecule has 198 valence electrons. The second-order valence-corrected chi connectivity index (χ2v) is 10.4. The van der Waals surface area contributed by atoms with Crippen LogP contribution in [0.3, 0.4) is 0 Å². The molecule has 4 N–H and O–H groups in total. The van der Waals surface area contributed by atoms with Gasteiger partial charge < -0.3 is 21.4 Å². The lowest BCUT2D eigenvalue weighted by Crippen LogP contribution is -2.36. The fourth-order valence-corrected chi connectivity index (χ4v) is 5.12. The number of likely N-dealkylation sites (N-methyl/N-ethyl adjacent to an activating group) is 1. The molecule has 8 heteroatoms. The molecule has 0 saturated heterocycles. The highest BCUT2D eigenvalue weighted by Gasteiger charge is 2.63. The van der Waals surface area contributed by atoms with Crippen LogP contribution in [-0.2, 0) is 12.0 Å². The highest BCUT2D eigenvalue weighted by Crippen LogP contribution is 2.56. The SMILES string of the molecule is CC(=N)C1C=C(NC(=O)c2cc(C34CC3N=C(Cc3ccccc3)N4C)ccn2)C=CC1.NC=NC1CC1.[HH]. The summed E-state index contributed by atoms with van der Waals surface area (Å²) in [4.78, 5) is 28.4. The van der Waals surface area contributed by atoms with Gasteiger partial charge in [0.05, 0.1) is 24.0 Å². The number of pyridine rings is 1. The van der Waals surface area contributed by atoms with E-state index in [1.54, 1.807) is 13.1 Å². The molecule has 4 aliphatic rings. The maximum Gasteiger partial charge on any atom is 0.274 e. The zero-order valence-electron chi connectivity index (χ0n) is 22.0. The van der Waals surface area contributed by atoms with Crippen molar-refractivity contribution < 1.29 is 6.22 Å². The van der Waals surface area contributed by atoms with E-state index in [-0.39, 0.29) is 24.8 Å². The standard InChI is InChI=1S/C26H27N5O.C4H8N2.H2/c1-17(27)19-9-6-10-21(14-19)29-25(32)22-15-20(11-12-28-22)26-16-23(26)30-24(31(26)2)13-18-7-4-3-5-8-18;5-3-6-4-1-2-4;/h3-8,10-12,14-15,19,23,27H,9,13,16H2,1-2H3,(H,29,32);3-4H,1-2H2,(H2,5,6);1H. The third kappa shape index (κ3) is 5.44. The third-order valence-corrected chi connectivity index (χ3v) is 7.61. The minimum atomic E-state index is -0.231. The van der Waals surface area contributed by atoms with Crippen LogP contribution >= 0.6 is 0 Å². The molecular formula is C30H37N7O. The Kier molecular flexibility index (Phi) is 7.22. The van der Waals surface area contributed by atoms with Crippen molar-refractivity contribution in [3.8, 4) is 0 Å². The van der Waals surface area contributed by atoms with E-state index in [1.165, 1.54) is 24.7 Å². The van der Waals surface area contributed by atoms with Crippen molar-refractivity contribution in [3.63, 3.8) is 0 Å². The Labute approximate surface area is 225 Å². The Morgan fingerprint density at radius 2 is 2.11 bits per heavy atom. The van der Waals surface area contributed by atoms with Crippen molar-refractivity contribution in [2.45, 2.75) is 56.7 Å². The number of carbonyl (C=O) groups is 1. The Bertz CT molecular complexity index is 1330. The van der Waals surface area contributed by atoms with Gasteiger partial charge >= 0.3 is 0 Å². The van der Waals surface area contributed by atoms with Gasteiger partial charge in [-0.15, -0.1) is 0 Å². The Morgan fingerprint density at radius 3 is 2.79 bits per heavy atom. The summed E-state index contributed by atoms with van der Waals surface area (Å²) < 4.78 is 0. The first-order chi connectivity index (χ1) is 18.4. The molecule has 8 nitrogen and oxygen atoms in total. The smallest absolute Gasteiger partial charge is 0.274 e. The van der Waals surface area contributed by atoms with Gasteiger partial charge in [0.15, 0.2) is 0 Å². The molecule has 38 heavy (non-hydrogen) atoms. The van der Waals surface area contributed by atoms with E-state index in [0.717, 1.165) is 36.4 Å². The number of aliphatic imine (C=N–C) groups is 2. The topological polar surface area (TPSA) is 120 Å². The van der Waals surface area contributed by atoms with Crippen LogP contribution in [0.25, 0.3) is 0 Å². The van der Waals surface area contributed by atoms with Crippen molar-refractivity contribution >= 4 is 23.8 Å². The minimum Gasteiger partial charge on any atom is -0.390 e. The van der Waals surface area contributed by atoms with Gasteiger partial charge in [-0.1, -0.05) is 42.5 Å². The molecular weight excluding hydrogens is 474 g/mol. The summed E-state index contributed by atoms with van der Waals surface area (Å²) in [5.74, 6) is 0.888. The van der Waals surface area contributed by atoms with E-state index in [9.17, 15) is 4.79 Å². The fraction of sp³-hybridized carbons (Fsp3) is 0.367. The van der Waals surface area contributed by atoms with Crippen molar-refractivity contribution in [1.82, 2.24) is 15.2 Å². The third-order valence-electron chi connectivity index (χ3n) is 7.61. The average molecular weight is 512 g/mol. The fourth-order valence-electron chi connectivity index (χ4n) is 5.12. The van der Waals surface area contributed by atoms with Gasteiger partial charge in [0.25, 0.3) is 5.91 Å². The molecule has 2 fully saturated rings. The number of nitrogens with one attached hydrogen (secondary N) is 2. The average Bonchev–Trinajstić information content (AvgIpc) is 3.85. The first-order valence-electron chi connectivity index (χ1n) is 13.2. The molecule has 3 unspecified atom stereocenters. The summed E-state index contributed by atoms with van der Waals surface area (Å²) in [5.41, 5.74) is 8.85. The Balaban J connectivity index is 0.000000447. The number of rotatable bonds is 7. The van der Waals surface area contributed by atoms with E-state index in [2.05, 4.69) is 51.5 Å². The van der Waals surface area contributed by atoms with Gasteiger partial charge in [-0.2, -0.15) is 0 Å². The number of nitrogens with zero attached hydrogens (tertiary/aromatic N) is 4. The van der Waals surface area contributed by atoms with E-state index in [1.807, 2.05) is 36.4 Å². The number of hydrogen-bond donors (Lipinski definition) is 3. The van der Waals surface area contributed by atoms with Crippen LogP contribution in [-0.4, -0.2) is 52.8 Å². The molecule has 6 rings (SSSR count). The molecule has 0 bridgehead atoms. The lowest BCUT2D eigenvalue weighted by Gasteiger charge is -2.28. The number of aromatic nitrogens is 1. The summed E-state index contributed by atoms with van der Waals surface area (Å²) in [6.45, 7) is 1.79. The van der Waals surface area contributed by atoms with Gasteiger partial charge in [-0.25, -0.2) is 0 Å². The number of benzene rings is 1. The van der Waals surface area contributed by atoms with Crippen LogP contribution in [0.2, 0.25) is 0 Å². The molecule has 0 spiro atoms. The van der Waals surface area contributed by atoms with Crippen molar-refractivity contribution in [2.24, 2.45) is 21.6 Å². The number of amidine groups is 1. The van der Waals surface area contributed by atoms with Crippen LogP contribution in [0.1, 0.15) is 55.6 Å². The van der Waals surface area contributed by atoms with E-state index >= 15 is 0 Å². The molecule has 3 atom stereocenters. The summed E-state index contributed by atoms with van der Waals surface area (Å²) in [7, 11) is 2.10. The van der Waals surface area contributed by atoms with Crippen LogP contribution in [0.15, 0.2) is 82.6 Å². The maximum atomic E-state index is 12.9. The highest BCUT2D eigenvalue weighted by molar-refractivity contribution is 5.94. The summed E-state index contributed by atoms with van der Waals surface area (Å²) in [5, 5.41) is 10.8. The molecule has 1 aromatic heterocycles. The van der Waals surface area contributed by atoms with E-state index < -0.39 is 0 Å². The zero-order valence-corrected chi connectivity index (χ0v) is 22.0. The van der Waals surface area contributed by atoms with E-state index in [4.69, 9.17) is 16.1 Å². The number of amides is 1. The van der Waals surface area contributed by atoms with Crippen molar-refractivity contribution in [2.75, 3.05) is 7.05 Å². The van der Waals surface area contributed by atoms with Crippen molar-refractivity contribution in [1.29, 1.82) is 5.41 Å². The number of allylic oxidation sites excluding steroid dienone is 3. The number of carbonyl (C=O) groups excluding carboxylic acids is 1. The number of fused-ring (bicyclic) bond motifs is 1. The van der Waals surface area contributed by atoms with Gasteiger partial charge in [0.2, 0.25) is 0 Å². The van der Waals surface area contributed by atoms with Gasteiger partial charge in [-0.3, -0.25) is 19.8 Å². The first-order valence-corrected chi connectivity index (χ1v) is 13.2. The van der Waals surface area contributed by atoms with Crippen LogP contribution in [0.4, 0.5) is 0 Å². The maximum absolute atomic E-state index is 12.9. The summed E-state index contributed by atoms with van der Waals surface area (Å²) in [6.07, 6.45) is 14.0. The van der Waals surface area contributed by atoms with Gasteiger partial charge in [0.1, 0.15) is 11.5 Å². The molecule has 1 amide bonds. The molecule has 0 radical (unpaired) electrons. The summed E-state index contributed by atoms with van der Waals surface area (Å²) in [6, 6.07) is 15.1. The quantitative estimate of drug-likeness (QED) is 0.380. The second-order valence-electron chi connectivity index (χ2n) is 10.4. The van der Waals surface area contributed by atoms with Crippen LogP contribution in [0, 0.1) is 11.3 Å². The second kappa shape index (κ2) is 10.7. The molecule has 2 aromatic rings. The largest absolute Gasteiger partial charge is 0.390 e. The Hall–Kier alpha value is -4.07. The van der Waals surface area contributed by atoms with Crippen LogP contribution < -0.4 is 11.1 Å². The molecule has 2 saturated carbocycles. The number of nitrogens with two attached hydrogens (primary N) is 1. The van der Waals surface area contributed by atoms with Crippen molar-refractivity contribution in [3.05, 3.63) is 89.4 Å². The van der Waals surface area contributed by atoms with Gasteiger partial charge in [0, 0.05) is 44.8 Å².